The highest BCUT2D eigenvalue weighted by atomic mass is 35.5. The molecule has 0 atom stereocenters. The van der Waals surface area contributed by atoms with E-state index in [1.54, 1.807) is 23.5 Å². The van der Waals surface area contributed by atoms with Crippen LogP contribution in [0.5, 0.6) is 0 Å². The van der Waals surface area contributed by atoms with Crippen LogP contribution in [0.1, 0.15) is 15.3 Å². The number of benzene rings is 2. The predicted molar refractivity (Wildman–Crippen MR) is 97.8 cm³/mol. The lowest BCUT2D eigenvalue weighted by Crippen LogP contribution is -1.87. The molecule has 3 aromatic rings. The summed E-state index contributed by atoms with van der Waals surface area (Å²) in [6.07, 6.45) is 3.49. The minimum Gasteiger partial charge on any atom is -0.478 e. The SMILES string of the molecule is O=C(O)C=Cc1sc(Cc2ccc(Cl)cc2Cl)c2ccccc12. The van der Waals surface area contributed by atoms with Gasteiger partial charge in [-0.05, 0) is 34.5 Å². The van der Waals surface area contributed by atoms with Gasteiger partial charge in [0, 0.05) is 32.3 Å². The zero-order valence-electron chi connectivity index (χ0n) is 11.9. The van der Waals surface area contributed by atoms with Gasteiger partial charge in [-0.3, -0.25) is 0 Å². The monoisotopic (exact) mass is 362 g/mol. The molecule has 0 bridgehead atoms. The van der Waals surface area contributed by atoms with Gasteiger partial charge in [-0.15, -0.1) is 11.3 Å². The van der Waals surface area contributed by atoms with Crippen molar-refractivity contribution in [3.05, 3.63) is 73.9 Å². The van der Waals surface area contributed by atoms with E-state index in [0.717, 1.165) is 32.2 Å². The van der Waals surface area contributed by atoms with Crippen LogP contribution in [0.2, 0.25) is 10.0 Å². The van der Waals surface area contributed by atoms with E-state index >= 15 is 0 Å². The molecule has 0 fully saturated rings. The topological polar surface area (TPSA) is 37.3 Å². The maximum absolute atomic E-state index is 10.8. The number of rotatable bonds is 4. The minimum atomic E-state index is -0.954. The summed E-state index contributed by atoms with van der Waals surface area (Å²) in [7, 11) is 0. The maximum Gasteiger partial charge on any atom is 0.328 e. The average molecular weight is 363 g/mol. The number of halogens is 2. The number of hydrogen-bond donors (Lipinski definition) is 1. The molecule has 2 aromatic carbocycles. The number of thiophene rings is 1. The molecule has 0 saturated heterocycles. The first-order valence-electron chi connectivity index (χ1n) is 6.90. The molecule has 0 saturated carbocycles. The third kappa shape index (κ3) is 3.58. The highest BCUT2D eigenvalue weighted by molar-refractivity contribution is 7.14. The summed E-state index contributed by atoms with van der Waals surface area (Å²) in [5, 5.41) is 12.3. The zero-order chi connectivity index (χ0) is 16.4. The second-order valence-electron chi connectivity index (χ2n) is 5.02. The van der Waals surface area contributed by atoms with Gasteiger partial charge in [-0.1, -0.05) is 53.5 Å². The lowest BCUT2D eigenvalue weighted by atomic mass is 10.1. The van der Waals surface area contributed by atoms with Crippen molar-refractivity contribution in [2.24, 2.45) is 0 Å². The van der Waals surface area contributed by atoms with E-state index in [-0.39, 0.29) is 0 Å². The predicted octanol–water partition coefficient (Wildman–Crippen LogP) is 5.90. The molecular formula is C18H12Cl2O2S. The number of carboxylic acids is 1. The molecule has 3 rings (SSSR count). The average Bonchev–Trinajstić information content (AvgIpc) is 2.86. The Hall–Kier alpha value is -1.81. The molecule has 0 aliphatic rings. The fourth-order valence-electron chi connectivity index (χ4n) is 2.42. The highest BCUT2D eigenvalue weighted by Gasteiger charge is 2.11. The van der Waals surface area contributed by atoms with Gasteiger partial charge in [0.1, 0.15) is 0 Å². The molecular weight excluding hydrogens is 351 g/mol. The van der Waals surface area contributed by atoms with E-state index < -0.39 is 5.97 Å². The van der Waals surface area contributed by atoms with E-state index in [1.165, 1.54) is 0 Å². The standard InChI is InChI=1S/C18H12Cl2O2S/c19-12-6-5-11(15(20)10-12)9-17-14-4-2-1-3-13(14)16(23-17)7-8-18(21)22/h1-8,10H,9H2,(H,21,22). The summed E-state index contributed by atoms with van der Waals surface area (Å²) in [6.45, 7) is 0. The van der Waals surface area contributed by atoms with Crippen molar-refractivity contribution in [1.82, 2.24) is 0 Å². The number of fused-ring (bicyclic) bond motifs is 1. The van der Waals surface area contributed by atoms with Crippen molar-refractivity contribution in [3.63, 3.8) is 0 Å². The van der Waals surface area contributed by atoms with E-state index in [4.69, 9.17) is 28.3 Å². The van der Waals surface area contributed by atoms with Gasteiger partial charge in [-0.2, -0.15) is 0 Å². The Bertz CT molecular complexity index is 913. The van der Waals surface area contributed by atoms with E-state index in [2.05, 4.69) is 0 Å². The second-order valence-corrected chi connectivity index (χ2v) is 7.00. The molecule has 0 aliphatic carbocycles. The van der Waals surface area contributed by atoms with Gasteiger partial charge in [0.15, 0.2) is 0 Å². The van der Waals surface area contributed by atoms with Crippen molar-refractivity contribution in [2.45, 2.75) is 6.42 Å². The van der Waals surface area contributed by atoms with Crippen LogP contribution in [-0.2, 0) is 11.2 Å². The Labute approximate surface area is 147 Å². The van der Waals surface area contributed by atoms with E-state index in [1.807, 2.05) is 36.4 Å². The van der Waals surface area contributed by atoms with Gasteiger partial charge in [-0.25, -0.2) is 4.79 Å². The number of hydrogen-bond acceptors (Lipinski definition) is 2. The minimum absolute atomic E-state index is 0.611. The smallest absolute Gasteiger partial charge is 0.328 e. The molecule has 5 heteroatoms. The molecule has 0 unspecified atom stereocenters. The third-order valence-corrected chi connectivity index (χ3v) is 5.24. The molecule has 116 valence electrons. The van der Waals surface area contributed by atoms with E-state index in [0.29, 0.717) is 16.5 Å². The summed E-state index contributed by atoms with van der Waals surface area (Å²) in [4.78, 5) is 12.9. The van der Waals surface area contributed by atoms with Gasteiger partial charge < -0.3 is 5.11 Å². The van der Waals surface area contributed by atoms with Gasteiger partial charge in [0.2, 0.25) is 0 Å². The molecule has 0 amide bonds. The molecule has 2 nitrogen and oxygen atoms in total. The lowest BCUT2D eigenvalue weighted by molar-refractivity contribution is -0.131. The van der Waals surface area contributed by atoms with Crippen LogP contribution < -0.4 is 0 Å². The Balaban J connectivity index is 2.05. The molecule has 0 aliphatic heterocycles. The molecule has 1 heterocycles. The fraction of sp³-hybridized carbons (Fsp3) is 0.0556. The number of aliphatic carboxylic acids is 1. The normalized spacial score (nSPS) is 11.4. The van der Waals surface area contributed by atoms with Gasteiger partial charge >= 0.3 is 5.97 Å². The molecule has 0 radical (unpaired) electrons. The third-order valence-electron chi connectivity index (χ3n) is 3.47. The van der Waals surface area contributed by atoms with Crippen LogP contribution >= 0.6 is 34.5 Å². The highest BCUT2D eigenvalue weighted by Crippen LogP contribution is 2.35. The Morgan fingerprint density at radius 3 is 2.57 bits per heavy atom. The van der Waals surface area contributed by atoms with Crippen LogP contribution in [0.25, 0.3) is 16.8 Å². The van der Waals surface area contributed by atoms with Crippen LogP contribution in [0, 0.1) is 0 Å². The Kier molecular flexibility index (Phi) is 4.71. The number of carboxylic acid groups (broad SMARTS) is 1. The summed E-state index contributed by atoms with van der Waals surface area (Å²) in [5.74, 6) is -0.954. The summed E-state index contributed by atoms with van der Waals surface area (Å²) >= 11 is 13.8. The fourth-order valence-corrected chi connectivity index (χ4v) is 4.10. The largest absolute Gasteiger partial charge is 0.478 e. The summed E-state index contributed by atoms with van der Waals surface area (Å²) in [5.41, 5.74) is 0.997. The van der Waals surface area contributed by atoms with Crippen molar-refractivity contribution < 1.29 is 9.90 Å². The summed E-state index contributed by atoms with van der Waals surface area (Å²) in [6, 6.07) is 13.5. The van der Waals surface area contributed by atoms with Crippen LogP contribution in [0.4, 0.5) is 0 Å². The summed E-state index contributed by atoms with van der Waals surface area (Å²) < 4.78 is 0. The molecule has 0 spiro atoms. The molecule has 23 heavy (non-hydrogen) atoms. The van der Waals surface area contributed by atoms with Crippen molar-refractivity contribution >= 4 is 57.4 Å². The van der Waals surface area contributed by atoms with Crippen molar-refractivity contribution in [1.29, 1.82) is 0 Å². The van der Waals surface area contributed by atoms with E-state index in [9.17, 15) is 4.79 Å². The lowest BCUT2D eigenvalue weighted by Gasteiger charge is -2.03. The zero-order valence-corrected chi connectivity index (χ0v) is 14.3. The number of carbonyl (C=O) groups is 1. The quantitative estimate of drug-likeness (QED) is 0.586. The first-order valence-corrected chi connectivity index (χ1v) is 8.47. The Morgan fingerprint density at radius 2 is 1.87 bits per heavy atom. The van der Waals surface area contributed by atoms with Crippen LogP contribution in [0.3, 0.4) is 0 Å². The van der Waals surface area contributed by atoms with Crippen LogP contribution in [-0.4, -0.2) is 11.1 Å². The van der Waals surface area contributed by atoms with Crippen molar-refractivity contribution in [3.8, 4) is 0 Å². The second kappa shape index (κ2) is 6.75. The van der Waals surface area contributed by atoms with Crippen molar-refractivity contribution in [2.75, 3.05) is 0 Å². The maximum atomic E-state index is 10.8. The first kappa shape index (κ1) is 16.1. The Morgan fingerprint density at radius 1 is 1.13 bits per heavy atom. The van der Waals surface area contributed by atoms with Gasteiger partial charge in [0.25, 0.3) is 0 Å². The molecule has 1 N–H and O–H groups in total. The first-order chi connectivity index (χ1) is 11.0. The molecule has 1 aromatic heterocycles. The van der Waals surface area contributed by atoms with Crippen LogP contribution in [0.15, 0.2) is 48.5 Å². The van der Waals surface area contributed by atoms with Gasteiger partial charge in [0.05, 0.1) is 0 Å².